The topological polar surface area (TPSA) is 102 Å². The average Bonchev–Trinajstić information content (AvgIpc) is 2.77. The van der Waals surface area contributed by atoms with Crippen LogP contribution in [0.2, 0.25) is 0 Å². The van der Waals surface area contributed by atoms with E-state index in [-0.39, 0.29) is 23.3 Å². The first-order valence-corrected chi connectivity index (χ1v) is 9.73. The van der Waals surface area contributed by atoms with Crippen LogP contribution in [-0.4, -0.2) is 24.8 Å². The molecular weight excluding hydrogens is 394 g/mol. The third-order valence-electron chi connectivity index (χ3n) is 5.09. The normalized spacial score (nSPS) is 11.8. The second-order valence-electron chi connectivity index (χ2n) is 7.36. The van der Waals surface area contributed by atoms with E-state index in [9.17, 15) is 14.4 Å². The molecule has 0 radical (unpaired) electrons. The summed E-state index contributed by atoms with van der Waals surface area (Å²) in [4.78, 5) is 49.3. The molecule has 0 saturated carbocycles. The molecule has 8 heteroatoms. The van der Waals surface area contributed by atoms with E-state index in [0.717, 1.165) is 21.4 Å². The fourth-order valence-electron chi connectivity index (χ4n) is 3.40. The number of aromatic nitrogens is 4. The third kappa shape index (κ3) is 3.87. The maximum atomic E-state index is 12.8. The van der Waals surface area contributed by atoms with Gasteiger partial charge in [0.15, 0.2) is 5.52 Å². The Kier molecular flexibility index (Phi) is 5.21. The molecule has 4 aromatic rings. The first-order chi connectivity index (χ1) is 14.8. The minimum absolute atomic E-state index is 0.0298. The van der Waals surface area contributed by atoms with Crippen molar-refractivity contribution >= 4 is 22.6 Å². The largest absolute Gasteiger partial charge is 0.332 e. The summed E-state index contributed by atoms with van der Waals surface area (Å²) in [7, 11) is 2.86. The fraction of sp³-hybridized carbons (Fsp3) is 0.174. The minimum Gasteiger partial charge on any atom is -0.305 e. The molecule has 156 valence electrons. The van der Waals surface area contributed by atoms with Crippen LogP contribution < -0.4 is 16.8 Å². The van der Waals surface area contributed by atoms with Crippen molar-refractivity contribution in [2.24, 2.45) is 19.1 Å². The summed E-state index contributed by atoms with van der Waals surface area (Å²) in [6, 6.07) is 17.2. The summed E-state index contributed by atoms with van der Waals surface area (Å²) in [6.07, 6.45) is 0.120. The zero-order chi connectivity index (χ0) is 22.1. The Balaban J connectivity index is 1.89. The van der Waals surface area contributed by atoms with Gasteiger partial charge in [0, 0.05) is 20.5 Å². The van der Waals surface area contributed by atoms with Gasteiger partial charge in [-0.15, -0.1) is 0 Å². The summed E-state index contributed by atoms with van der Waals surface area (Å²) in [6.45, 7) is 1.98. The number of fused-ring (bicyclic) bond motifs is 1. The van der Waals surface area contributed by atoms with Gasteiger partial charge in [-0.05, 0) is 30.2 Å². The molecule has 4 rings (SSSR count). The quantitative estimate of drug-likeness (QED) is 0.515. The molecule has 2 aromatic carbocycles. The SMILES string of the molecule is Cc1cccc(N=C(Cc2nc3c(=O)n(C)c(=O)n(C)c3[nH]c2=O)c2ccccc2)c1. The smallest absolute Gasteiger partial charge is 0.305 e. The number of nitrogens with one attached hydrogen (secondary N) is 1. The number of aromatic amines is 1. The highest BCUT2D eigenvalue weighted by Crippen LogP contribution is 2.17. The zero-order valence-electron chi connectivity index (χ0n) is 17.4. The van der Waals surface area contributed by atoms with Gasteiger partial charge in [0.2, 0.25) is 0 Å². The maximum absolute atomic E-state index is 12.8. The van der Waals surface area contributed by atoms with Crippen LogP contribution in [0.1, 0.15) is 16.8 Å². The van der Waals surface area contributed by atoms with E-state index in [0.29, 0.717) is 5.71 Å². The summed E-state index contributed by atoms with van der Waals surface area (Å²) in [5.41, 5.74) is 2.03. The van der Waals surface area contributed by atoms with Gasteiger partial charge in [-0.1, -0.05) is 42.5 Å². The summed E-state index contributed by atoms with van der Waals surface area (Å²) < 4.78 is 2.17. The van der Waals surface area contributed by atoms with Gasteiger partial charge in [0.05, 0.1) is 11.4 Å². The maximum Gasteiger partial charge on any atom is 0.332 e. The number of benzene rings is 2. The zero-order valence-corrected chi connectivity index (χ0v) is 17.4. The Morgan fingerprint density at radius 2 is 1.74 bits per heavy atom. The number of hydrogen-bond acceptors (Lipinski definition) is 5. The number of nitrogens with zero attached hydrogens (tertiary/aromatic N) is 4. The molecule has 0 unspecified atom stereocenters. The standard InChI is InChI=1S/C23H21N5O3/c1-14-8-7-11-16(12-14)24-17(15-9-5-4-6-10-15)13-18-21(29)26-20-19(25-18)22(30)28(3)23(31)27(20)2/h4-12H,13H2,1-3H3,(H,26,29). The van der Waals surface area contributed by atoms with Crippen LogP contribution in [0.4, 0.5) is 5.69 Å². The molecule has 0 aliphatic carbocycles. The van der Waals surface area contributed by atoms with Crippen LogP contribution in [-0.2, 0) is 20.5 Å². The third-order valence-corrected chi connectivity index (χ3v) is 5.09. The van der Waals surface area contributed by atoms with Crippen LogP contribution in [0.3, 0.4) is 0 Å². The first-order valence-electron chi connectivity index (χ1n) is 9.73. The van der Waals surface area contributed by atoms with Crippen LogP contribution in [0.25, 0.3) is 11.2 Å². The van der Waals surface area contributed by atoms with E-state index in [2.05, 4.69) is 9.97 Å². The molecule has 0 atom stereocenters. The van der Waals surface area contributed by atoms with Crippen LogP contribution in [0.15, 0.2) is 74.0 Å². The van der Waals surface area contributed by atoms with E-state index < -0.39 is 16.8 Å². The molecule has 0 saturated heterocycles. The van der Waals surface area contributed by atoms with E-state index in [4.69, 9.17) is 4.99 Å². The van der Waals surface area contributed by atoms with Crippen molar-refractivity contribution < 1.29 is 0 Å². The predicted molar refractivity (Wildman–Crippen MR) is 120 cm³/mol. The van der Waals surface area contributed by atoms with Gasteiger partial charge in [-0.2, -0.15) is 0 Å². The van der Waals surface area contributed by atoms with E-state index in [1.54, 1.807) is 0 Å². The molecule has 0 spiro atoms. The number of aliphatic imine (C=N–C) groups is 1. The highest BCUT2D eigenvalue weighted by atomic mass is 16.2. The van der Waals surface area contributed by atoms with Crippen molar-refractivity contribution in [3.63, 3.8) is 0 Å². The molecular formula is C23H21N5O3. The van der Waals surface area contributed by atoms with Crippen molar-refractivity contribution in [1.29, 1.82) is 0 Å². The molecule has 0 aliphatic rings. The molecule has 31 heavy (non-hydrogen) atoms. The highest BCUT2D eigenvalue weighted by Gasteiger charge is 2.16. The first kappa shape index (κ1) is 20.2. The van der Waals surface area contributed by atoms with Gasteiger partial charge < -0.3 is 4.98 Å². The number of aryl methyl sites for hydroxylation is 2. The van der Waals surface area contributed by atoms with Gasteiger partial charge in [0.1, 0.15) is 11.3 Å². The lowest BCUT2D eigenvalue weighted by Crippen LogP contribution is -2.39. The molecule has 2 heterocycles. The molecule has 0 fully saturated rings. The Hall–Kier alpha value is -4.07. The number of rotatable bonds is 4. The van der Waals surface area contributed by atoms with E-state index >= 15 is 0 Å². The van der Waals surface area contributed by atoms with Gasteiger partial charge in [0.25, 0.3) is 11.1 Å². The van der Waals surface area contributed by atoms with E-state index in [1.165, 1.54) is 18.7 Å². The average molecular weight is 415 g/mol. The van der Waals surface area contributed by atoms with Crippen molar-refractivity contribution in [3.8, 4) is 0 Å². The lowest BCUT2D eigenvalue weighted by molar-refractivity contribution is 0.702. The molecule has 8 nitrogen and oxygen atoms in total. The van der Waals surface area contributed by atoms with Crippen molar-refractivity contribution in [1.82, 2.24) is 19.1 Å². The molecule has 0 aliphatic heterocycles. The van der Waals surface area contributed by atoms with Crippen molar-refractivity contribution in [2.75, 3.05) is 0 Å². The van der Waals surface area contributed by atoms with Crippen LogP contribution in [0, 0.1) is 6.92 Å². The van der Waals surface area contributed by atoms with Gasteiger partial charge >= 0.3 is 5.69 Å². The van der Waals surface area contributed by atoms with Gasteiger partial charge in [-0.25, -0.2) is 9.78 Å². The van der Waals surface area contributed by atoms with Crippen molar-refractivity contribution in [3.05, 3.63) is 103 Å². The van der Waals surface area contributed by atoms with Crippen LogP contribution >= 0.6 is 0 Å². The lowest BCUT2D eigenvalue weighted by Gasteiger charge is -2.10. The monoisotopic (exact) mass is 415 g/mol. The Morgan fingerprint density at radius 3 is 2.45 bits per heavy atom. The Bertz CT molecular complexity index is 1490. The Morgan fingerprint density at radius 1 is 1.00 bits per heavy atom. The summed E-state index contributed by atoms with van der Waals surface area (Å²) in [5.74, 6) is 0. The molecule has 0 amide bonds. The molecule has 1 N–H and O–H groups in total. The lowest BCUT2D eigenvalue weighted by atomic mass is 10.1. The highest BCUT2D eigenvalue weighted by molar-refractivity contribution is 6.03. The molecule has 0 bridgehead atoms. The second kappa shape index (κ2) is 7.98. The number of H-pyrrole nitrogens is 1. The van der Waals surface area contributed by atoms with Crippen LogP contribution in [0.5, 0.6) is 0 Å². The molecule has 2 aromatic heterocycles. The fourth-order valence-corrected chi connectivity index (χ4v) is 3.40. The summed E-state index contributed by atoms with van der Waals surface area (Å²) >= 11 is 0. The minimum atomic E-state index is -0.563. The van der Waals surface area contributed by atoms with E-state index in [1.807, 2.05) is 61.5 Å². The predicted octanol–water partition coefficient (Wildman–Crippen LogP) is 1.99. The Labute approximate surface area is 177 Å². The number of hydrogen-bond donors (Lipinski definition) is 1. The van der Waals surface area contributed by atoms with Gasteiger partial charge in [-0.3, -0.25) is 23.7 Å². The van der Waals surface area contributed by atoms with Crippen molar-refractivity contribution in [2.45, 2.75) is 13.3 Å². The second-order valence-corrected chi connectivity index (χ2v) is 7.36. The summed E-state index contributed by atoms with van der Waals surface area (Å²) in [5, 5.41) is 0.